The van der Waals surface area contributed by atoms with Crippen molar-refractivity contribution in [2.75, 3.05) is 0 Å². The molecule has 1 aliphatic rings. The molecule has 8 nitrogen and oxygen atoms in total. The fraction of sp³-hybridized carbons (Fsp3) is 0.444. The average molecular weight is 358 g/mol. The van der Waals surface area contributed by atoms with Crippen LogP contribution in [0, 0.1) is 5.41 Å². The summed E-state index contributed by atoms with van der Waals surface area (Å²) in [6.07, 6.45) is -0.0148. The molecule has 1 aromatic carbocycles. The normalized spacial score (nSPS) is 22.8. The summed E-state index contributed by atoms with van der Waals surface area (Å²) in [5.74, 6) is -1.06. The first kappa shape index (κ1) is 18.1. The van der Waals surface area contributed by atoms with Crippen molar-refractivity contribution in [3.05, 3.63) is 40.4 Å². The third-order valence-corrected chi connectivity index (χ3v) is 4.80. The molecule has 2 atom stereocenters. The molecule has 0 radical (unpaired) electrons. The van der Waals surface area contributed by atoms with Crippen LogP contribution in [0.2, 0.25) is 0 Å². The van der Waals surface area contributed by atoms with Gasteiger partial charge < -0.3 is 16.2 Å². The Bertz CT molecular complexity index is 960. The SMILES string of the molecule is CC(C)(C)C1(O)NC(=O)C(CCC(N)=O)n2c1nc1ccccc1c2=O. The molecule has 1 aliphatic heterocycles. The second-order valence-corrected chi connectivity index (χ2v) is 7.60. The van der Waals surface area contributed by atoms with Gasteiger partial charge in [0.15, 0.2) is 5.82 Å². The molecule has 0 saturated heterocycles. The van der Waals surface area contributed by atoms with E-state index in [4.69, 9.17) is 5.73 Å². The van der Waals surface area contributed by atoms with Gasteiger partial charge in [0, 0.05) is 11.8 Å². The molecule has 2 unspecified atom stereocenters. The molecule has 0 bridgehead atoms. The summed E-state index contributed by atoms with van der Waals surface area (Å²) in [7, 11) is 0. The van der Waals surface area contributed by atoms with Gasteiger partial charge in [-0.2, -0.15) is 0 Å². The lowest BCUT2D eigenvalue weighted by Gasteiger charge is -2.45. The van der Waals surface area contributed by atoms with Crippen molar-refractivity contribution in [3.8, 4) is 0 Å². The van der Waals surface area contributed by atoms with Crippen molar-refractivity contribution < 1.29 is 14.7 Å². The average Bonchev–Trinajstić information content (AvgIpc) is 2.54. The van der Waals surface area contributed by atoms with Gasteiger partial charge in [0.05, 0.1) is 10.9 Å². The Morgan fingerprint density at radius 3 is 2.62 bits per heavy atom. The Balaban J connectivity index is 2.33. The minimum atomic E-state index is -1.84. The number of para-hydroxylation sites is 1. The number of hydrogen-bond donors (Lipinski definition) is 3. The maximum Gasteiger partial charge on any atom is 0.262 e. The van der Waals surface area contributed by atoms with Crippen LogP contribution in [0.15, 0.2) is 29.1 Å². The van der Waals surface area contributed by atoms with Gasteiger partial charge >= 0.3 is 0 Å². The van der Waals surface area contributed by atoms with Crippen LogP contribution in [0.3, 0.4) is 0 Å². The summed E-state index contributed by atoms with van der Waals surface area (Å²) in [4.78, 5) is 41.5. The number of rotatable bonds is 3. The lowest BCUT2D eigenvalue weighted by Crippen LogP contribution is -2.63. The van der Waals surface area contributed by atoms with Gasteiger partial charge in [-0.3, -0.25) is 19.0 Å². The number of nitrogens with zero attached hydrogens (tertiary/aromatic N) is 2. The number of carbonyl (C=O) groups is 2. The number of benzene rings is 1. The third-order valence-electron chi connectivity index (χ3n) is 4.80. The Morgan fingerprint density at radius 2 is 2.00 bits per heavy atom. The molecule has 0 fully saturated rings. The van der Waals surface area contributed by atoms with Gasteiger partial charge in [-0.1, -0.05) is 32.9 Å². The third kappa shape index (κ3) is 2.66. The van der Waals surface area contributed by atoms with Crippen LogP contribution in [-0.4, -0.2) is 26.5 Å². The van der Waals surface area contributed by atoms with Gasteiger partial charge in [-0.25, -0.2) is 4.98 Å². The number of carbonyl (C=O) groups excluding carboxylic acids is 2. The van der Waals surface area contributed by atoms with Crippen LogP contribution >= 0.6 is 0 Å². The molecule has 2 heterocycles. The summed E-state index contributed by atoms with van der Waals surface area (Å²) in [5, 5.41) is 14.2. The molecule has 3 rings (SSSR count). The van der Waals surface area contributed by atoms with Crippen molar-refractivity contribution in [3.63, 3.8) is 0 Å². The lowest BCUT2D eigenvalue weighted by atomic mass is 9.80. The van der Waals surface area contributed by atoms with Gasteiger partial charge in [0.1, 0.15) is 6.04 Å². The highest BCUT2D eigenvalue weighted by Crippen LogP contribution is 2.40. The number of nitrogens with two attached hydrogens (primary N) is 1. The van der Waals surface area contributed by atoms with Crippen molar-refractivity contribution in [1.29, 1.82) is 0 Å². The van der Waals surface area contributed by atoms with Crippen LogP contribution < -0.4 is 16.6 Å². The fourth-order valence-corrected chi connectivity index (χ4v) is 3.19. The molecular weight excluding hydrogens is 336 g/mol. The van der Waals surface area contributed by atoms with Gasteiger partial charge in [0.25, 0.3) is 5.56 Å². The van der Waals surface area contributed by atoms with E-state index in [1.165, 1.54) is 4.57 Å². The number of nitrogens with one attached hydrogen (secondary N) is 1. The summed E-state index contributed by atoms with van der Waals surface area (Å²) < 4.78 is 1.20. The lowest BCUT2D eigenvalue weighted by molar-refractivity contribution is -0.155. The molecule has 26 heavy (non-hydrogen) atoms. The zero-order valence-electron chi connectivity index (χ0n) is 14.9. The number of hydrogen-bond acceptors (Lipinski definition) is 5. The smallest absolute Gasteiger partial charge is 0.262 e. The minimum Gasteiger partial charge on any atom is -0.370 e. The van der Waals surface area contributed by atoms with E-state index in [2.05, 4.69) is 10.3 Å². The second-order valence-electron chi connectivity index (χ2n) is 7.60. The maximum atomic E-state index is 13.1. The van der Waals surface area contributed by atoms with Crippen molar-refractivity contribution in [2.24, 2.45) is 11.1 Å². The monoisotopic (exact) mass is 358 g/mol. The van der Waals surface area contributed by atoms with Crippen molar-refractivity contribution >= 4 is 22.7 Å². The summed E-state index contributed by atoms with van der Waals surface area (Å²) in [5.41, 5.74) is 2.53. The molecule has 0 saturated carbocycles. The molecule has 0 aliphatic carbocycles. The molecule has 8 heteroatoms. The van der Waals surface area contributed by atoms with Crippen LogP contribution in [0.25, 0.3) is 10.9 Å². The maximum absolute atomic E-state index is 13.1. The number of aromatic nitrogens is 2. The Hall–Kier alpha value is -2.74. The summed E-state index contributed by atoms with van der Waals surface area (Å²) in [6, 6.07) is 5.77. The molecule has 0 spiro atoms. The highest BCUT2D eigenvalue weighted by Gasteiger charge is 2.52. The number of fused-ring (bicyclic) bond motifs is 2. The van der Waals surface area contributed by atoms with E-state index in [1.54, 1.807) is 45.0 Å². The van der Waals surface area contributed by atoms with E-state index >= 15 is 0 Å². The fourth-order valence-electron chi connectivity index (χ4n) is 3.19. The van der Waals surface area contributed by atoms with E-state index in [0.717, 1.165) is 0 Å². The molecule has 2 amide bonds. The standard InChI is InChI=1S/C18H22N4O4/c1-17(2,3)18(26)16-20-11-7-5-4-6-10(11)15(25)22(16)12(14(24)21-18)8-9-13(19)23/h4-7,12,26H,8-9H2,1-3H3,(H2,19,23)(H,21,24). The second kappa shape index (κ2) is 5.91. The largest absolute Gasteiger partial charge is 0.370 e. The Kier molecular flexibility index (Phi) is 4.11. The molecule has 138 valence electrons. The first-order chi connectivity index (χ1) is 12.1. The Morgan fingerprint density at radius 1 is 1.35 bits per heavy atom. The van der Waals surface area contributed by atoms with Crippen molar-refractivity contribution in [2.45, 2.75) is 45.4 Å². The number of amides is 2. The number of primary amides is 1. The molecule has 1 aromatic heterocycles. The van der Waals surface area contributed by atoms with E-state index in [1.807, 2.05) is 0 Å². The zero-order chi connectivity index (χ0) is 19.3. The highest BCUT2D eigenvalue weighted by atomic mass is 16.3. The number of aliphatic hydroxyl groups is 1. The van der Waals surface area contributed by atoms with E-state index in [0.29, 0.717) is 10.9 Å². The Labute approximate surface area is 150 Å². The minimum absolute atomic E-state index is 0.0499. The molecular formula is C18H22N4O4. The summed E-state index contributed by atoms with van der Waals surface area (Å²) >= 11 is 0. The van der Waals surface area contributed by atoms with Crippen LogP contribution in [0.1, 0.15) is 45.5 Å². The van der Waals surface area contributed by atoms with E-state index in [9.17, 15) is 19.5 Å². The molecule has 4 N–H and O–H groups in total. The quantitative estimate of drug-likeness (QED) is 0.737. The van der Waals surface area contributed by atoms with Crippen LogP contribution in [0.4, 0.5) is 0 Å². The first-order valence-electron chi connectivity index (χ1n) is 8.41. The van der Waals surface area contributed by atoms with Gasteiger partial charge in [0.2, 0.25) is 17.5 Å². The van der Waals surface area contributed by atoms with E-state index in [-0.39, 0.29) is 18.7 Å². The summed E-state index contributed by atoms with van der Waals surface area (Å²) in [6.45, 7) is 5.22. The predicted octanol–water partition coefficient (Wildman–Crippen LogP) is 0.524. The van der Waals surface area contributed by atoms with E-state index < -0.39 is 34.6 Å². The predicted molar refractivity (Wildman–Crippen MR) is 95.0 cm³/mol. The van der Waals surface area contributed by atoms with Crippen LogP contribution in [0.5, 0.6) is 0 Å². The topological polar surface area (TPSA) is 127 Å². The molecule has 2 aromatic rings. The van der Waals surface area contributed by atoms with Crippen LogP contribution in [-0.2, 0) is 15.3 Å². The first-order valence-corrected chi connectivity index (χ1v) is 8.41. The van der Waals surface area contributed by atoms with Gasteiger partial charge in [-0.05, 0) is 18.6 Å². The van der Waals surface area contributed by atoms with Crippen molar-refractivity contribution in [1.82, 2.24) is 14.9 Å². The highest BCUT2D eigenvalue weighted by molar-refractivity contribution is 5.85. The van der Waals surface area contributed by atoms with Gasteiger partial charge in [-0.15, -0.1) is 0 Å². The zero-order valence-corrected chi connectivity index (χ0v) is 14.9.